The van der Waals surface area contributed by atoms with E-state index in [1.807, 2.05) is 0 Å². The fourth-order valence-electron chi connectivity index (χ4n) is 1.71. The summed E-state index contributed by atoms with van der Waals surface area (Å²) in [6.45, 7) is 0. The molecule has 0 aliphatic heterocycles. The Labute approximate surface area is 148 Å². The Bertz CT molecular complexity index is 798. The predicted molar refractivity (Wildman–Crippen MR) is 97.0 cm³/mol. The third-order valence-electron chi connectivity index (χ3n) is 2.84. The molecule has 124 valence electrons. The summed E-state index contributed by atoms with van der Waals surface area (Å²) in [5.74, 6) is 0.425. The maximum absolute atomic E-state index is 11.3. The average Bonchev–Trinajstić information content (AvgIpc) is 2.57. The fourth-order valence-corrected chi connectivity index (χ4v) is 1.94. The summed E-state index contributed by atoms with van der Waals surface area (Å²) in [7, 11) is 1.65. The minimum Gasteiger partial charge on any atom is -0.449 e. The topological polar surface area (TPSA) is 88.8 Å². The molecule has 0 aliphatic carbocycles. The van der Waals surface area contributed by atoms with Crippen LogP contribution in [0.2, 0.25) is 5.02 Å². The van der Waals surface area contributed by atoms with Gasteiger partial charge in [-0.2, -0.15) is 5.10 Å². The monoisotopic (exact) mass is 364 g/mol. The number of nitro benzene ring substituents is 1. The molecule has 9 heteroatoms. The molecule has 0 bridgehead atoms. The van der Waals surface area contributed by atoms with Crippen LogP contribution in [0.4, 0.5) is 5.69 Å². The van der Waals surface area contributed by atoms with Gasteiger partial charge in [-0.05, 0) is 36.5 Å². The second-order valence-electron chi connectivity index (χ2n) is 4.47. The highest BCUT2D eigenvalue weighted by atomic mass is 35.5. The van der Waals surface area contributed by atoms with Crippen molar-refractivity contribution in [2.24, 2.45) is 5.10 Å². The van der Waals surface area contributed by atoms with Gasteiger partial charge >= 0.3 is 5.69 Å². The van der Waals surface area contributed by atoms with E-state index in [1.54, 1.807) is 37.4 Å². The highest BCUT2D eigenvalue weighted by Crippen LogP contribution is 2.34. The second kappa shape index (κ2) is 8.23. The largest absolute Gasteiger partial charge is 0.449 e. The molecule has 0 heterocycles. The molecule has 0 aliphatic rings. The minimum atomic E-state index is -0.533. The van der Waals surface area contributed by atoms with Gasteiger partial charge < -0.3 is 10.1 Å². The van der Waals surface area contributed by atoms with Crippen molar-refractivity contribution in [2.45, 2.75) is 0 Å². The van der Waals surface area contributed by atoms with Crippen molar-refractivity contribution >= 4 is 40.8 Å². The molecule has 0 spiro atoms. The summed E-state index contributed by atoms with van der Waals surface area (Å²) in [6.07, 6.45) is 1.41. The zero-order chi connectivity index (χ0) is 17.5. The fraction of sp³-hybridized carbons (Fsp3) is 0.0667. The van der Waals surface area contributed by atoms with E-state index in [0.717, 1.165) is 0 Å². The van der Waals surface area contributed by atoms with Gasteiger partial charge in [0.05, 0.1) is 16.2 Å². The smallest absolute Gasteiger partial charge is 0.312 e. The van der Waals surface area contributed by atoms with E-state index in [2.05, 4.69) is 15.8 Å². The third-order valence-corrected chi connectivity index (χ3v) is 3.45. The van der Waals surface area contributed by atoms with Gasteiger partial charge in [-0.15, -0.1) is 0 Å². The zero-order valence-corrected chi connectivity index (χ0v) is 14.1. The summed E-state index contributed by atoms with van der Waals surface area (Å²) in [6, 6.07) is 11.2. The van der Waals surface area contributed by atoms with Gasteiger partial charge in [-0.3, -0.25) is 15.5 Å². The SMILES string of the molecule is CNC(=S)N/N=C/c1ccc(Oc2ccccc2Cl)c([N+](=O)[O-])c1. The van der Waals surface area contributed by atoms with Gasteiger partial charge in [0.25, 0.3) is 0 Å². The molecular weight excluding hydrogens is 352 g/mol. The number of halogens is 1. The molecule has 2 aromatic carbocycles. The first-order valence-electron chi connectivity index (χ1n) is 6.73. The Morgan fingerprint density at radius 3 is 2.75 bits per heavy atom. The molecule has 0 fully saturated rings. The van der Waals surface area contributed by atoms with E-state index in [1.165, 1.54) is 18.3 Å². The number of hydrogen-bond acceptors (Lipinski definition) is 5. The van der Waals surface area contributed by atoms with Crippen LogP contribution in [-0.4, -0.2) is 23.3 Å². The van der Waals surface area contributed by atoms with Crippen LogP contribution >= 0.6 is 23.8 Å². The summed E-state index contributed by atoms with van der Waals surface area (Å²) in [4.78, 5) is 10.7. The highest BCUT2D eigenvalue weighted by molar-refractivity contribution is 7.80. The summed E-state index contributed by atoms with van der Waals surface area (Å²) in [5, 5.41) is 18.5. The lowest BCUT2D eigenvalue weighted by Crippen LogP contribution is -2.28. The molecule has 0 saturated carbocycles. The maximum Gasteiger partial charge on any atom is 0.312 e. The van der Waals surface area contributed by atoms with E-state index in [4.69, 9.17) is 28.6 Å². The molecule has 2 rings (SSSR count). The molecule has 2 N–H and O–H groups in total. The number of nitrogens with zero attached hydrogens (tertiary/aromatic N) is 2. The zero-order valence-electron chi connectivity index (χ0n) is 12.5. The van der Waals surface area contributed by atoms with Gasteiger partial charge in [0, 0.05) is 18.7 Å². The number of hydrogen-bond donors (Lipinski definition) is 2. The predicted octanol–water partition coefficient (Wildman–Crippen LogP) is 3.47. The molecule has 24 heavy (non-hydrogen) atoms. The standard InChI is InChI=1S/C15H13ClN4O3S/c1-17-15(24)19-18-9-10-6-7-14(12(8-10)20(21)22)23-13-5-3-2-4-11(13)16/h2-9H,1H3,(H2,17,19,24)/b18-9+. The normalized spacial score (nSPS) is 10.4. The number of rotatable bonds is 5. The van der Waals surface area contributed by atoms with Gasteiger partial charge in [0.1, 0.15) is 5.75 Å². The number of benzene rings is 2. The van der Waals surface area contributed by atoms with Crippen molar-refractivity contribution in [3.63, 3.8) is 0 Å². The van der Waals surface area contributed by atoms with Gasteiger partial charge in [0.15, 0.2) is 5.11 Å². The van der Waals surface area contributed by atoms with Gasteiger partial charge in [0.2, 0.25) is 5.75 Å². The highest BCUT2D eigenvalue weighted by Gasteiger charge is 2.17. The molecule has 0 amide bonds. The lowest BCUT2D eigenvalue weighted by atomic mass is 10.2. The van der Waals surface area contributed by atoms with Gasteiger partial charge in [-0.1, -0.05) is 23.7 Å². The minimum absolute atomic E-state index is 0.0870. The van der Waals surface area contributed by atoms with Crippen molar-refractivity contribution < 1.29 is 9.66 Å². The Hall–Kier alpha value is -2.71. The summed E-state index contributed by atoms with van der Waals surface area (Å²) < 4.78 is 5.55. The van der Waals surface area contributed by atoms with E-state index >= 15 is 0 Å². The Balaban J connectivity index is 2.25. The van der Waals surface area contributed by atoms with Crippen LogP contribution in [0.15, 0.2) is 47.6 Å². The van der Waals surface area contributed by atoms with E-state index < -0.39 is 4.92 Å². The van der Waals surface area contributed by atoms with Gasteiger partial charge in [-0.25, -0.2) is 0 Å². The van der Waals surface area contributed by atoms with Crippen LogP contribution in [0.25, 0.3) is 0 Å². The van der Waals surface area contributed by atoms with Crippen LogP contribution in [0.3, 0.4) is 0 Å². The molecule has 0 radical (unpaired) electrons. The van der Waals surface area contributed by atoms with Crippen molar-refractivity contribution in [3.8, 4) is 11.5 Å². The van der Waals surface area contributed by atoms with Crippen molar-refractivity contribution in [2.75, 3.05) is 7.05 Å². The Morgan fingerprint density at radius 1 is 1.33 bits per heavy atom. The van der Waals surface area contributed by atoms with Crippen LogP contribution in [0.5, 0.6) is 11.5 Å². The lowest BCUT2D eigenvalue weighted by molar-refractivity contribution is -0.385. The molecule has 7 nitrogen and oxygen atoms in total. The summed E-state index contributed by atoms with van der Waals surface area (Å²) >= 11 is 10.9. The summed E-state index contributed by atoms with van der Waals surface area (Å²) in [5.41, 5.74) is 2.88. The Morgan fingerprint density at radius 2 is 2.08 bits per heavy atom. The van der Waals surface area contributed by atoms with E-state index in [9.17, 15) is 10.1 Å². The van der Waals surface area contributed by atoms with Crippen LogP contribution in [0.1, 0.15) is 5.56 Å². The molecule has 0 aromatic heterocycles. The quantitative estimate of drug-likeness (QED) is 0.365. The third kappa shape index (κ3) is 4.64. The number of hydrazone groups is 1. The number of nitro groups is 1. The van der Waals surface area contributed by atoms with Crippen molar-refractivity contribution in [1.82, 2.24) is 10.7 Å². The molecular formula is C15H13ClN4O3S. The van der Waals surface area contributed by atoms with Crippen LogP contribution in [0, 0.1) is 10.1 Å². The first-order chi connectivity index (χ1) is 11.5. The maximum atomic E-state index is 11.3. The van der Waals surface area contributed by atoms with Crippen LogP contribution in [-0.2, 0) is 0 Å². The first kappa shape index (κ1) is 17.6. The average molecular weight is 365 g/mol. The number of thiocarbonyl (C=S) groups is 1. The second-order valence-corrected chi connectivity index (χ2v) is 5.28. The molecule has 2 aromatic rings. The van der Waals surface area contributed by atoms with E-state index in [-0.39, 0.29) is 11.4 Å². The Kier molecular flexibility index (Phi) is 6.05. The first-order valence-corrected chi connectivity index (χ1v) is 7.51. The van der Waals surface area contributed by atoms with Crippen molar-refractivity contribution in [3.05, 3.63) is 63.2 Å². The number of ether oxygens (including phenoxy) is 1. The lowest BCUT2D eigenvalue weighted by Gasteiger charge is -2.08. The van der Waals surface area contributed by atoms with E-state index in [0.29, 0.717) is 21.4 Å². The molecule has 0 atom stereocenters. The van der Waals surface area contributed by atoms with Crippen molar-refractivity contribution in [1.29, 1.82) is 0 Å². The number of para-hydroxylation sites is 1. The van der Waals surface area contributed by atoms with Crippen LogP contribution < -0.4 is 15.5 Å². The molecule has 0 unspecified atom stereocenters. The number of nitrogens with one attached hydrogen (secondary N) is 2. The molecule has 0 saturated heterocycles.